The molecule has 0 saturated carbocycles. The second-order valence-electron chi connectivity index (χ2n) is 6.27. The summed E-state index contributed by atoms with van der Waals surface area (Å²) in [5.41, 5.74) is 1.34. The van der Waals surface area contributed by atoms with E-state index >= 15 is 0 Å². The third kappa shape index (κ3) is 5.27. The molecule has 150 valence electrons. The van der Waals surface area contributed by atoms with Crippen molar-refractivity contribution in [1.29, 1.82) is 0 Å². The van der Waals surface area contributed by atoms with E-state index in [0.29, 0.717) is 11.5 Å². The van der Waals surface area contributed by atoms with Crippen molar-refractivity contribution in [3.8, 4) is 0 Å². The van der Waals surface area contributed by atoms with Crippen LogP contribution >= 0.6 is 0 Å². The van der Waals surface area contributed by atoms with E-state index in [2.05, 4.69) is 15.7 Å². The number of sulfonamides is 1. The third-order valence-electron chi connectivity index (χ3n) is 4.03. The van der Waals surface area contributed by atoms with E-state index in [-0.39, 0.29) is 22.9 Å². The maximum atomic E-state index is 12.4. The third-order valence-corrected chi connectivity index (χ3v) is 4.96. The number of rotatable bonds is 6. The highest BCUT2D eigenvalue weighted by molar-refractivity contribution is 7.89. The van der Waals surface area contributed by atoms with Crippen LogP contribution in [0.25, 0.3) is 0 Å². The zero-order chi connectivity index (χ0) is 21.0. The van der Waals surface area contributed by atoms with Crippen LogP contribution in [-0.4, -0.2) is 30.0 Å². The average molecular weight is 413 g/mol. The molecule has 3 aromatic rings. The summed E-state index contributed by atoms with van der Waals surface area (Å²) in [6.45, 7) is 0. The Balaban J connectivity index is 1.66. The zero-order valence-corrected chi connectivity index (χ0v) is 16.3. The summed E-state index contributed by atoms with van der Waals surface area (Å²) in [7, 11) is -2.20. The van der Waals surface area contributed by atoms with E-state index in [1.54, 1.807) is 7.05 Å². The number of nitrogens with zero attached hydrogens (tertiary/aromatic N) is 2. The predicted octanol–water partition coefficient (Wildman–Crippen LogP) is 1.50. The standard InChI is InChI=1S/C19H19N5O4S/c1-24-17(22-18(25)11-13-5-3-2-4-6-13)12-16(23-24)19(26)21-14-7-9-15(10-8-14)29(20,27)28/h2-10,12H,11H2,1H3,(H,21,26)(H,22,25)(H2,20,27,28). The van der Waals surface area contributed by atoms with Crippen LogP contribution in [0.1, 0.15) is 16.1 Å². The van der Waals surface area contributed by atoms with Crippen molar-refractivity contribution >= 4 is 33.3 Å². The Morgan fingerprint density at radius 2 is 1.69 bits per heavy atom. The molecule has 9 nitrogen and oxygen atoms in total. The first-order valence-electron chi connectivity index (χ1n) is 8.54. The lowest BCUT2D eigenvalue weighted by Gasteiger charge is -2.04. The van der Waals surface area contributed by atoms with Gasteiger partial charge in [-0.3, -0.25) is 14.3 Å². The Kier molecular flexibility index (Phi) is 5.76. The van der Waals surface area contributed by atoms with E-state index in [4.69, 9.17) is 5.14 Å². The molecule has 0 fully saturated rings. The van der Waals surface area contributed by atoms with Gasteiger partial charge in [-0.1, -0.05) is 30.3 Å². The SMILES string of the molecule is Cn1nc(C(=O)Nc2ccc(S(N)(=O)=O)cc2)cc1NC(=O)Cc1ccccc1. The quantitative estimate of drug-likeness (QED) is 0.563. The number of carbonyl (C=O) groups excluding carboxylic acids is 2. The molecular weight excluding hydrogens is 394 g/mol. The first-order valence-corrected chi connectivity index (χ1v) is 10.1. The Morgan fingerprint density at radius 1 is 1.03 bits per heavy atom. The number of hydrogen-bond donors (Lipinski definition) is 3. The van der Waals surface area contributed by atoms with Gasteiger partial charge in [0.25, 0.3) is 5.91 Å². The summed E-state index contributed by atoms with van der Waals surface area (Å²) in [5, 5.41) is 14.5. The Hall–Kier alpha value is -3.50. The first-order chi connectivity index (χ1) is 13.7. The van der Waals surface area contributed by atoms with E-state index in [9.17, 15) is 18.0 Å². The number of primary sulfonamides is 1. The number of nitrogens with two attached hydrogens (primary N) is 1. The Bertz CT molecular complexity index is 1140. The average Bonchev–Trinajstić information content (AvgIpc) is 3.03. The molecule has 0 atom stereocenters. The molecule has 4 N–H and O–H groups in total. The van der Waals surface area contributed by atoms with Crippen LogP contribution in [0.3, 0.4) is 0 Å². The van der Waals surface area contributed by atoms with Gasteiger partial charge in [-0.05, 0) is 29.8 Å². The van der Waals surface area contributed by atoms with Crippen LogP contribution in [0.4, 0.5) is 11.5 Å². The lowest BCUT2D eigenvalue weighted by molar-refractivity contribution is -0.115. The summed E-state index contributed by atoms with van der Waals surface area (Å²) < 4.78 is 23.9. The number of nitrogens with one attached hydrogen (secondary N) is 2. The van der Waals surface area contributed by atoms with Gasteiger partial charge >= 0.3 is 0 Å². The van der Waals surface area contributed by atoms with Gasteiger partial charge in [-0.25, -0.2) is 13.6 Å². The fourth-order valence-corrected chi connectivity index (χ4v) is 3.10. The molecule has 0 bridgehead atoms. The fourth-order valence-electron chi connectivity index (χ4n) is 2.59. The van der Waals surface area contributed by atoms with Crippen LogP contribution < -0.4 is 15.8 Å². The van der Waals surface area contributed by atoms with Crippen molar-refractivity contribution in [2.75, 3.05) is 10.6 Å². The van der Waals surface area contributed by atoms with Crippen molar-refractivity contribution in [3.63, 3.8) is 0 Å². The molecule has 0 unspecified atom stereocenters. The molecule has 0 aliphatic carbocycles. The highest BCUT2D eigenvalue weighted by Gasteiger charge is 2.15. The van der Waals surface area contributed by atoms with E-state index in [0.717, 1.165) is 5.56 Å². The molecule has 0 spiro atoms. The van der Waals surface area contributed by atoms with E-state index < -0.39 is 15.9 Å². The van der Waals surface area contributed by atoms with Crippen LogP contribution in [0.15, 0.2) is 65.6 Å². The predicted molar refractivity (Wildman–Crippen MR) is 108 cm³/mol. The van der Waals surface area contributed by atoms with Gasteiger partial charge < -0.3 is 10.6 Å². The molecule has 2 aromatic carbocycles. The van der Waals surface area contributed by atoms with Crippen LogP contribution in [0.5, 0.6) is 0 Å². The molecule has 0 saturated heterocycles. The topological polar surface area (TPSA) is 136 Å². The van der Waals surface area contributed by atoms with Crippen molar-refractivity contribution in [2.24, 2.45) is 12.2 Å². The second kappa shape index (κ2) is 8.25. The number of aryl methyl sites for hydroxylation is 1. The normalized spacial score (nSPS) is 11.1. The van der Waals surface area contributed by atoms with Gasteiger partial charge in [0, 0.05) is 18.8 Å². The number of amides is 2. The first kappa shape index (κ1) is 20.2. The number of aromatic nitrogens is 2. The van der Waals surface area contributed by atoms with Crippen LogP contribution in [-0.2, 0) is 28.3 Å². The van der Waals surface area contributed by atoms with Gasteiger partial charge in [0.1, 0.15) is 5.82 Å². The molecule has 1 heterocycles. The number of hydrogen-bond acceptors (Lipinski definition) is 5. The Morgan fingerprint density at radius 3 is 2.31 bits per heavy atom. The molecule has 0 aliphatic heterocycles. The summed E-state index contributed by atoms with van der Waals surface area (Å²) in [6.07, 6.45) is 0.198. The van der Waals surface area contributed by atoms with Crippen LogP contribution in [0.2, 0.25) is 0 Å². The maximum absolute atomic E-state index is 12.4. The van der Waals surface area contributed by atoms with Gasteiger partial charge in [0.2, 0.25) is 15.9 Å². The van der Waals surface area contributed by atoms with Gasteiger partial charge in [-0.2, -0.15) is 5.10 Å². The van der Waals surface area contributed by atoms with Crippen molar-refractivity contribution in [2.45, 2.75) is 11.3 Å². The fraction of sp³-hybridized carbons (Fsp3) is 0.105. The molecule has 3 rings (SSSR count). The van der Waals surface area contributed by atoms with Gasteiger partial charge in [-0.15, -0.1) is 0 Å². The number of benzene rings is 2. The highest BCUT2D eigenvalue weighted by atomic mass is 32.2. The lowest BCUT2D eigenvalue weighted by Crippen LogP contribution is -2.16. The minimum absolute atomic E-state index is 0.0586. The van der Waals surface area contributed by atoms with E-state index in [1.807, 2.05) is 30.3 Å². The molecule has 10 heteroatoms. The second-order valence-corrected chi connectivity index (χ2v) is 7.83. The van der Waals surface area contributed by atoms with Crippen molar-refractivity contribution < 1.29 is 18.0 Å². The molecule has 29 heavy (non-hydrogen) atoms. The summed E-state index contributed by atoms with van der Waals surface area (Å²) in [4.78, 5) is 24.5. The molecule has 0 radical (unpaired) electrons. The van der Waals surface area contributed by atoms with E-state index in [1.165, 1.54) is 35.0 Å². The highest BCUT2D eigenvalue weighted by Crippen LogP contribution is 2.15. The molecular formula is C19H19N5O4S. The minimum Gasteiger partial charge on any atom is -0.321 e. The maximum Gasteiger partial charge on any atom is 0.276 e. The minimum atomic E-state index is -3.81. The Labute approximate surface area is 167 Å². The largest absolute Gasteiger partial charge is 0.321 e. The molecule has 1 aromatic heterocycles. The molecule has 2 amide bonds. The van der Waals surface area contributed by atoms with Crippen molar-refractivity contribution in [1.82, 2.24) is 9.78 Å². The summed E-state index contributed by atoms with van der Waals surface area (Å²) in [6, 6.07) is 16.2. The monoisotopic (exact) mass is 413 g/mol. The number of carbonyl (C=O) groups is 2. The summed E-state index contributed by atoms with van der Waals surface area (Å²) in [5.74, 6) is -0.363. The smallest absolute Gasteiger partial charge is 0.276 e. The molecule has 0 aliphatic rings. The van der Waals surface area contributed by atoms with Crippen LogP contribution in [0, 0.1) is 0 Å². The van der Waals surface area contributed by atoms with Gasteiger partial charge in [0.15, 0.2) is 5.69 Å². The zero-order valence-electron chi connectivity index (χ0n) is 15.5. The van der Waals surface area contributed by atoms with Gasteiger partial charge in [0.05, 0.1) is 11.3 Å². The summed E-state index contributed by atoms with van der Waals surface area (Å²) >= 11 is 0. The number of anilines is 2. The lowest BCUT2D eigenvalue weighted by atomic mass is 10.1. The van der Waals surface area contributed by atoms with Crippen molar-refractivity contribution in [3.05, 3.63) is 71.9 Å².